The molecule has 1 amide bonds. The van der Waals surface area contributed by atoms with Crippen LogP contribution in [0, 0.1) is 10.7 Å². The maximum Gasteiger partial charge on any atom is 0.294 e. The molecule has 0 radical (unpaired) electrons. The molecule has 5 nitrogen and oxygen atoms in total. The molecule has 116 valence electrons. The molecule has 0 aliphatic carbocycles. The Morgan fingerprint density at radius 2 is 1.64 bits per heavy atom. The molecule has 22 heavy (non-hydrogen) atoms. The molecule has 2 rings (SSSR count). The lowest BCUT2D eigenvalue weighted by molar-refractivity contribution is 0.102. The number of anilines is 1. The van der Waals surface area contributed by atoms with Crippen LogP contribution in [0.25, 0.3) is 0 Å². The zero-order valence-corrected chi connectivity index (χ0v) is 18.0. The first-order valence-electron chi connectivity index (χ1n) is 5.72. The lowest BCUT2D eigenvalue weighted by Gasteiger charge is -2.09. The fourth-order valence-corrected chi connectivity index (χ4v) is 4.51. The van der Waals surface area contributed by atoms with E-state index in [9.17, 15) is 13.2 Å². The maximum absolute atomic E-state index is 12.3. The summed E-state index contributed by atoms with van der Waals surface area (Å²) in [5.41, 5.74) is 0.998. The number of amides is 1. The summed E-state index contributed by atoms with van der Waals surface area (Å²) in [5.74, 6) is -0.277. The van der Waals surface area contributed by atoms with Crippen LogP contribution in [0.4, 0.5) is 5.69 Å². The minimum atomic E-state index is -4.23. The molecular formula is C13H8I3NO4S. The fourth-order valence-electron chi connectivity index (χ4n) is 1.63. The third-order valence-electron chi connectivity index (χ3n) is 2.65. The Bertz CT molecular complexity index is 835. The van der Waals surface area contributed by atoms with Gasteiger partial charge in [-0.2, -0.15) is 8.42 Å². The minimum Gasteiger partial charge on any atom is -0.322 e. The van der Waals surface area contributed by atoms with Crippen molar-refractivity contribution < 1.29 is 17.8 Å². The van der Waals surface area contributed by atoms with Gasteiger partial charge in [-0.25, -0.2) is 0 Å². The summed E-state index contributed by atoms with van der Waals surface area (Å²) in [4.78, 5) is 12.1. The van der Waals surface area contributed by atoms with E-state index in [1.54, 1.807) is 6.07 Å². The van der Waals surface area contributed by atoms with E-state index in [-0.39, 0.29) is 10.8 Å². The Labute approximate surface area is 168 Å². The number of benzene rings is 2. The summed E-state index contributed by atoms with van der Waals surface area (Å²) in [6, 6.07) is 9.06. The second-order valence-corrected chi connectivity index (χ2v) is 9.11. The van der Waals surface area contributed by atoms with Gasteiger partial charge < -0.3 is 5.32 Å². The average Bonchev–Trinajstić information content (AvgIpc) is 2.42. The Balaban J connectivity index is 2.26. The molecule has 0 aliphatic rings. The van der Waals surface area contributed by atoms with Crippen LogP contribution in [0.1, 0.15) is 10.4 Å². The predicted octanol–water partition coefficient (Wildman–Crippen LogP) is 4.00. The summed E-state index contributed by atoms with van der Waals surface area (Å²) in [5, 5.41) is 2.71. The quantitative estimate of drug-likeness (QED) is 0.298. The van der Waals surface area contributed by atoms with Crippen LogP contribution in [-0.2, 0) is 10.1 Å². The first-order valence-corrected chi connectivity index (χ1v) is 10.4. The summed E-state index contributed by atoms with van der Waals surface area (Å²) >= 11 is 6.42. The van der Waals surface area contributed by atoms with Gasteiger partial charge in [0, 0.05) is 16.4 Å². The molecule has 0 saturated carbocycles. The van der Waals surface area contributed by atoms with Crippen LogP contribution in [0.2, 0.25) is 0 Å². The van der Waals surface area contributed by atoms with Crippen LogP contribution in [-0.4, -0.2) is 18.9 Å². The SMILES string of the molecule is O=C(Nc1ccc(S(=O)(=O)O)cc1)c1cc(I)cc(I)c1I. The predicted molar refractivity (Wildman–Crippen MR) is 109 cm³/mol. The standard InChI is InChI=1S/C13H8I3NO4S/c14-7-5-10(12(16)11(15)6-7)13(18)17-8-1-3-9(4-2-8)22(19,20)21/h1-6H,(H,17,18)(H,19,20,21). The van der Waals surface area contributed by atoms with Gasteiger partial charge in [-0.1, -0.05) is 0 Å². The zero-order chi connectivity index (χ0) is 16.5. The second-order valence-electron chi connectivity index (χ2n) is 4.20. The normalized spacial score (nSPS) is 11.3. The van der Waals surface area contributed by atoms with E-state index in [0.717, 1.165) is 10.7 Å². The van der Waals surface area contributed by atoms with Crippen LogP contribution in [0.15, 0.2) is 41.3 Å². The van der Waals surface area contributed by atoms with E-state index in [2.05, 4.69) is 73.1 Å². The highest BCUT2D eigenvalue weighted by Gasteiger charge is 2.14. The van der Waals surface area contributed by atoms with E-state index >= 15 is 0 Å². The van der Waals surface area contributed by atoms with Crippen molar-refractivity contribution in [3.8, 4) is 0 Å². The Morgan fingerprint density at radius 1 is 1.05 bits per heavy atom. The van der Waals surface area contributed by atoms with Gasteiger partial charge in [0.15, 0.2) is 0 Å². The number of hydrogen-bond acceptors (Lipinski definition) is 3. The molecule has 0 saturated heterocycles. The van der Waals surface area contributed by atoms with Gasteiger partial charge in [-0.3, -0.25) is 9.35 Å². The molecule has 0 aliphatic heterocycles. The molecule has 0 aromatic heterocycles. The molecule has 0 bridgehead atoms. The van der Waals surface area contributed by atoms with Crippen molar-refractivity contribution in [1.82, 2.24) is 0 Å². The van der Waals surface area contributed by atoms with Crippen molar-refractivity contribution in [3.63, 3.8) is 0 Å². The molecule has 2 N–H and O–H groups in total. The topological polar surface area (TPSA) is 83.5 Å². The van der Waals surface area contributed by atoms with Crippen molar-refractivity contribution in [2.75, 3.05) is 5.32 Å². The second kappa shape index (κ2) is 7.27. The number of carbonyl (C=O) groups excluding carboxylic acids is 1. The summed E-state index contributed by atoms with van der Waals surface area (Å²) < 4.78 is 33.7. The lowest BCUT2D eigenvalue weighted by atomic mass is 10.2. The van der Waals surface area contributed by atoms with Crippen LogP contribution in [0.5, 0.6) is 0 Å². The largest absolute Gasteiger partial charge is 0.322 e. The highest BCUT2D eigenvalue weighted by Crippen LogP contribution is 2.24. The fraction of sp³-hybridized carbons (Fsp3) is 0. The first-order chi connectivity index (χ1) is 10.2. The summed E-state index contributed by atoms with van der Waals surface area (Å²) in [7, 11) is -4.23. The van der Waals surface area contributed by atoms with E-state index in [1.807, 2.05) is 6.07 Å². The van der Waals surface area contributed by atoms with E-state index in [1.165, 1.54) is 24.3 Å². The number of rotatable bonds is 3. The van der Waals surface area contributed by atoms with Crippen molar-refractivity contribution in [3.05, 3.63) is 52.7 Å². The monoisotopic (exact) mass is 655 g/mol. The van der Waals surface area contributed by atoms with Crippen molar-refractivity contribution in [1.29, 1.82) is 0 Å². The van der Waals surface area contributed by atoms with E-state index in [4.69, 9.17) is 4.55 Å². The third-order valence-corrected chi connectivity index (χ3v) is 7.18. The van der Waals surface area contributed by atoms with Gasteiger partial charge in [0.2, 0.25) is 0 Å². The number of carbonyl (C=O) groups is 1. The molecule has 0 unspecified atom stereocenters. The maximum atomic E-state index is 12.3. The van der Waals surface area contributed by atoms with Gasteiger partial charge in [0.25, 0.3) is 16.0 Å². The summed E-state index contributed by atoms with van der Waals surface area (Å²) in [6.45, 7) is 0. The van der Waals surface area contributed by atoms with Gasteiger partial charge in [0.1, 0.15) is 0 Å². The molecule has 2 aromatic rings. The Morgan fingerprint density at radius 3 is 2.18 bits per heavy atom. The lowest BCUT2D eigenvalue weighted by Crippen LogP contribution is -2.14. The summed E-state index contributed by atoms with van der Waals surface area (Å²) in [6.07, 6.45) is 0. The van der Waals surface area contributed by atoms with Gasteiger partial charge in [0.05, 0.1) is 10.5 Å². The third kappa shape index (κ3) is 4.52. The smallest absolute Gasteiger partial charge is 0.294 e. The van der Waals surface area contributed by atoms with E-state index in [0.29, 0.717) is 11.3 Å². The van der Waals surface area contributed by atoms with Crippen molar-refractivity contribution in [2.45, 2.75) is 4.90 Å². The Hall–Kier alpha value is 0.0100. The van der Waals surface area contributed by atoms with Crippen LogP contribution >= 0.6 is 67.8 Å². The minimum absolute atomic E-state index is 0.219. The van der Waals surface area contributed by atoms with Gasteiger partial charge >= 0.3 is 0 Å². The van der Waals surface area contributed by atoms with Crippen molar-refractivity contribution in [2.24, 2.45) is 0 Å². The molecule has 9 heteroatoms. The Kier molecular flexibility index (Phi) is 6.07. The van der Waals surface area contributed by atoms with Gasteiger partial charge in [-0.15, -0.1) is 0 Å². The van der Waals surface area contributed by atoms with Gasteiger partial charge in [-0.05, 0) is 104 Å². The number of nitrogens with one attached hydrogen (secondary N) is 1. The average molecular weight is 655 g/mol. The molecular weight excluding hydrogens is 647 g/mol. The van der Waals surface area contributed by atoms with Crippen LogP contribution in [0.3, 0.4) is 0 Å². The first kappa shape index (κ1) is 18.4. The zero-order valence-electron chi connectivity index (χ0n) is 10.7. The molecule has 0 heterocycles. The van der Waals surface area contributed by atoms with E-state index < -0.39 is 10.1 Å². The molecule has 0 atom stereocenters. The molecule has 0 spiro atoms. The highest BCUT2D eigenvalue weighted by atomic mass is 127. The number of hydrogen-bond donors (Lipinski definition) is 2. The van der Waals surface area contributed by atoms with Crippen LogP contribution < -0.4 is 5.32 Å². The molecule has 2 aromatic carbocycles. The number of halogens is 3. The molecule has 0 fully saturated rings. The van der Waals surface area contributed by atoms with Crippen molar-refractivity contribution >= 4 is 89.5 Å². The highest BCUT2D eigenvalue weighted by molar-refractivity contribution is 14.1.